The van der Waals surface area contributed by atoms with E-state index in [1.165, 1.54) is 6.33 Å². The summed E-state index contributed by atoms with van der Waals surface area (Å²) < 4.78 is 0. The number of nitrogens with zero attached hydrogens (tertiary/aromatic N) is 5. The number of benzene rings is 1. The Morgan fingerprint density at radius 2 is 2.03 bits per heavy atom. The number of rotatable bonds is 6. The standard InChI is InChI=1S/C22H19ClN8/c1-13(30-22-19-21(27-11-26-19)28-12-29-22)16-8-15-5-2-6-17(23)18(15)31-20(16)25-10-14-4-3-7-24-9-14/h2-9,11-13H,10H2,1H3,(H,25,31)(H2,26,27,28,29,30)/t13-/m0/s1. The topological polar surface area (TPSA) is 104 Å². The van der Waals surface area contributed by atoms with Gasteiger partial charge in [0.2, 0.25) is 0 Å². The highest BCUT2D eigenvalue weighted by molar-refractivity contribution is 6.35. The van der Waals surface area contributed by atoms with Crippen LogP contribution in [-0.2, 0) is 6.54 Å². The zero-order chi connectivity index (χ0) is 21.2. The summed E-state index contributed by atoms with van der Waals surface area (Å²) in [5.41, 5.74) is 4.18. The van der Waals surface area contributed by atoms with Gasteiger partial charge in [0.15, 0.2) is 11.5 Å². The summed E-state index contributed by atoms with van der Waals surface area (Å²) in [7, 11) is 0. The third-order valence-corrected chi connectivity index (χ3v) is 5.36. The highest BCUT2D eigenvalue weighted by Gasteiger charge is 2.17. The van der Waals surface area contributed by atoms with E-state index in [1.807, 2.05) is 36.5 Å². The van der Waals surface area contributed by atoms with Crippen molar-refractivity contribution in [3.05, 3.63) is 77.6 Å². The summed E-state index contributed by atoms with van der Waals surface area (Å²) in [6.07, 6.45) is 6.69. The van der Waals surface area contributed by atoms with Crippen molar-refractivity contribution in [1.29, 1.82) is 0 Å². The lowest BCUT2D eigenvalue weighted by Gasteiger charge is -2.20. The van der Waals surface area contributed by atoms with Crippen LogP contribution in [0.3, 0.4) is 0 Å². The number of para-hydroxylation sites is 1. The first-order chi connectivity index (χ1) is 15.2. The lowest BCUT2D eigenvalue weighted by Crippen LogP contribution is -2.13. The van der Waals surface area contributed by atoms with Gasteiger partial charge in [-0.2, -0.15) is 0 Å². The van der Waals surface area contributed by atoms with Crippen LogP contribution in [0.5, 0.6) is 0 Å². The highest BCUT2D eigenvalue weighted by Crippen LogP contribution is 2.31. The normalized spacial score (nSPS) is 12.2. The van der Waals surface area contributed by atoms with Gasteiger partial charge in [-0.3, -0.25) is 4.98 Å². The molecule has 154 valence electrons. The lowest BCUT2D eigenvalue weighted by atomic mass is 10.1. The Morgan fingerprint density at radius 3 is 2.90 bits per heavy atom. The number of imidazole rings is 1. The second-order valence-corrected chi connectivity index (χ2v) is 7.55. The smallest absolute Gasteiger partial charge is 0.182 e. The SMILES string of the molecule is C[C@H](Nc1ncnc2nc[nH]c12)c1cc2cccc(Cl)c2nc1NCc1cccnc1. The molecular weight excluding hydrogens is 412 g/mol. The third kappa shape index (κ3) is 3.85. The van der Waals surface area contributed by atoms with Crippen LogP contribution < -0.4 is 10.6 Å². The van der Waals surface area contributed by atoms with Crippen LogP contribution in [0, 0.1) is 0 Å². The number of fused-ring (bicyclic) bond motifs is 2. The molecule has 1 aromatic carbocycles. The Bertz CT molecular complexity index is 1350. The molecular formula is C22H19ClN8. The van der Waals surface area contributed by atoms with Crippen LogP contribution in [-0.4, -0.2) is 29.9 Å². The predicted octanol–water partition coefficient (Wildman–Crippen LogP) is 4.73. The minimum atomic E-state index is -0.103. The fourth-order valence-corrected chi connectivity index (χ4v) is 3.72. The summed E-state index contributed by atoms with van der Waals surface area (Å²) in [6, 6.07) is 11.7. The van der Waals surface area contributed by atoms with Gasteiger partial charge in [-0.1, -0.05) is 29.8 Å². The molecule has 0 radical (unpaired) electrons. The van der Waals surface area contributed by atoms with E-state index in [-0.39, 0.29) is 6.04 Å². The molecule has 8 nitrogen and oxygen atoms in total. The Hall–Kier alpha value is -3.78. The second-order valence-electron chi connectivity index (χ2n) is 7.14. The van der Waals surface area contributed by atoms with E-state index in [2.05, 4.69) is 48.5 Å². The number of anilines is 2. The molecule has 0 bridgehead atoms. The second kappa shape index (κ2) is 8.16. The van der Waals surface area contributed by atoms with Gasteiger partial charge in [-0.05, 0) is 30.7 Å². The van der Waals surface area contributed by atoms with Gasteiger partial charge < -0.3 is 15.6 Å². The molecule has 0 saturated heterocycles. The van der Waals surface area contributed by atoms with Crippen LogP contribution in [0.15, 0.2) is 61.4 Å². The third-order valence-electron chi connectivity index (χ3n) is 5.05. The number of halogens is 1. The Morgan fingerprint density at radius 1 is 1.10 bits per heavy atom. The number of hydrogen-bond donors (Lipinski definition) is 3. The van der Waals surface area contributed by atoms with Crippen LogP contribution in [0.4, 0.5) is 11.6 Å². The van der Waals surface area contributed by atoms with Crippen molar-refractivity contribution in [1.82, 2.24) is 29.9 Å². The number of H-pyrrole nitrogens is 1. The van der Waals surface area contributed by atoms with Crippen molar-refractivity contribution in [2.45, 2.75) is 19.5 Å². The van der Waals surface area contributed by atoms with Crippen molar-refractivity contribution in [2.24, 2.45) is 0 Å². The van der Waals surface area contributed by atoms with E-state index in [1.54, 1.807) is 12.5 Å². The number of aromatic amines is 1. The first kappa shape index (κ1) is 19.2. The predicted molar refractivity (Wildman–Crippen MR) is 122 cm³/mol. The number of hydrogen-bond acceptors (Lipinski definition) is 7. The molecule has 31 heavy (non-hydrogen) atoms. The van der Waals surface area contributed by atoms with Crippen molar-refractivity contribution < 1.29 is 0 Å². The van der Waals surface area contributed by atoms with E-state index in [0.29, 0.717) is 23.0 Å². The minimum absolute atomic E-state index is 0.103. The van der Waals surface area contributed by atoms with Gasteiger partial charge in [-0.15, -0.1) is 0 Å². The minimum Gasteiger partial charge on any atom is -0.366 e. The fourth-order valence-electron chi connectivity index (χ4n) is 3.50. The van der Waals surface area contributed by atoms with Crippen LogP contribution in [0.25, 0.3) is 22.1 Å². The zero-order valence-electron chi connectivity index (χ0n) is 16.7. The largest absolute Gasteiger partial charge is 0.366 e. The molecule has 5 rings (SSSR count). The van der Waals surface area contributed by atoms with Gasteiger partial charge in [0.25, 0.3) is 0 Å². The van der Waals surface area contributed by atoms with Crippen molar-refractivity contribution >= 4 is 45.3 Å². The molecule has 0 unspecified atom stereocenters. The van der Waals surface area contributed by atoms with E-state index in [9.17, 15) is 0 Å². The molecule has 4 aromatic heterocycles. The molecule has 3 N–H and O–H groups in total. The maximum atomic E-state index is 6.42. The van der Waals surface area contributed by atoms with Crippen molar-refractivity contribution in [2.75, 3.05) is 10.6 Å². The number of nitrogens with one attached hydrogen (secondary N) is 3. The number of aromatic nitrogens is 6. The van der Waals surface area contributed by atoms with Gasteiger partial charge in [0.1, 0.15) is 17.7 Å². The van der Waals surface area contributed by atoms with E-state index in [0.717, 1.165) is 33.4 Å². The summed E-state index contributed by atoms with van der Waals surface area (Å²) in [6.45, 7) is 2.65. The van der Waals surface area contributed by atoms with Crippen LogP contribution in [0.2, 0.25) is 5.02 Å². The van der Waals surface area contributed by atoms with Crippen molar-refractivity contribution in [3.63, 3.8) is 0 Å². The van der Waals surface area contributed by atoms with Gasteiger partial charge in [-0.25, -0.2) is 19.9 Å². The summed E-state index contributed by atoms with van der Waals surface area (Å²) in [4.78, 5) is 24.9. The summed E-state index contributed by atoms with van der Waals surface area (Å²) in [5, 5.41) is 8.49. The molecule has 0 spiro atoms. The Kier molecular flexibility index (Phi) is 5.05. The van der Waals surface area contributed by atoms with Crippen LogP contribution >= 0.6 is 11.6 Å². The Balaban J connectivity index is 1.52. The lowest BCUT2D eigenvalue weighted by molar-refractivity contribution is 0.868. The Labute approximate surface area is 183 Å². The zero-order valence-corrected chi connectivity index (χ0v) is 17.4. The number of pyridine rings is 2. The van der Waals surface area contributed by atoms with Crippen LogP contribution in [0.1, 0.15) is 24.1 Å². The van der Waals surface area contributed by atoms with E-state index in [4.69, 9.17) is 16.6 Å². The first-order valence-electron chi connectivity index (χ1n) is 9.81. The average molecular weight is 431 g/mol. The highest BCUT2D eigenvalue weighted by atomic mass is 35.5. The molecule has 0 aliphatic carbocycles. The molecule has 0 aliphatic rings. The molecule has 0 aliphatic heterocycles. The molecule has 5 aromatic rings. The quantitative estimate of drug-likeness (QED) is 0.357. The molecule has 1 atom stereocenters. The van der Waals surface area contributed by atoms with Gasteiger partial charge in [0.05, 0.1) is 22.9 Å². The molecule has 9 heteroatoms. The summed E-state index contributed by atoms with van der Waals surface area (Å²) in [5.74, 6) is 1.43. The summed E-state index contributed by atoms with van der Waals surface area (Å²) >= 11 is 6.42. The van der Waals surface area contributed by atoms with E-state index >= 15 is 0 Å². The maximum absolute atomic E-state index is 6.42. The first-order valence-corrected chi connectivity index (χ1v) is 10.2. The van der Waals surface area contributed by atoms with E-state index < -0.39 is 0 Å². The molecule has 0 amide bonds. The monoisotopic (exact) mass is 430 g/mol. The van der Waals surface area contributed by atoms with Gasteiger partial charge in [0, 0.05) is 29.9 Å². The molecule has 0 fully saturated rings. The van der Waals surface area contributed by atoms with Gasteiger partial charge >= 0.3 is 0 Å². The fraction of sp³-hybridized carbons (Fsp3) is 0.136. The molecule has 4 heterocycles. The maximum Gasteiger partial charge on any atom is 0.182 e. The average Bonchev–Trinajstić information content (AvgIpc) is 3.28. The van der Waals surface area contributed by atoms with Crippen molar-refractivity contribution in [3.8, 4) is 0 Å². The molecule has 0 saturated carbocycles.